The van der Waals surface area contributed by atoms with Crippen molar-refractivity contribution in [2.45, 2.75) is 9.79 Å². The number of fused-ring (bicyclic) bond motifs is 1. The van der Waals surface area contributed by atoms with Crippen molar-refractivity contribution >= 4 is 29.1 Å². The van der Waals surface area contributed by atoms with Gasteiger partial charge in [0.05, 0.1) is 5.02 Å². The number of hydrogen-bond donors (Lipinski definition) is 1. The Morgan fingerprint density at radius 1 is 1.00 bits per heavy atom. The molecule has 1 aliphatic heterocycles. The predicted octanol–water partition coefficient (Wildman–Crippen LogP) is 3.84. The van der Waals surface area contributed by atoms with Crippen LogP contribution in [0.1, 0.15) is 0 Å². The van der Waals surface area contributed by atoms with E-state index in [0.29, 0.717) is 29.7 Å². The Morgan fingerprint density at radius 2 is 1.68 bits per heavy atom. The molecule has 19 heavy (non-hydrogen) atoms. The fraction of sp³-hybridized carbons (Fsp3) is 0.143. The van der Waals surface area contributed by atoms with Crippen LogP contribution in [0.2, 0.25) is 5.02 Å². The van der Waals surface area contributed by atoms with Gasteiger partial charge in [0.2, 0.25) is 0 Å². The van der Waals surface area contributed by atoms with E-state index in [2.05, 4.69) is 0 Å². The van der Waals surface area contributed by atoms with E-state index in [1.807, 2.05) is 30.3 Å². The maximum absolute atomic E-state index is 6.15. The maximum Gasteiger partial charge on any atom is 0.163 e. The Kier molecular flexibility index (Phi) is 3.44. The van der Waals surface area contributed by atoms with E-state index in [-0.39, 0.29) is 0 Å². The molecule has 0 spiro atoms. The molecule has 0 saturated carbocycles. The smallest absolute Gasteiger partial charge is 0.163 e. The second-order valence-electron chi connectivity index (χ2n) is 4.07. The van der Waals surface area contributed by atoms with Gasteiger partial charge in [0, 0.05) is 27.6 Å². The number of hydrogen-bond acceptors (Lipinski definition) is 4. The molecule has 0 atom stereocenters. The molecular weight excluding hydrogens is 282 g/mol. The van der Waals surface area contributed by atoms with Gasteiger partial charge in [0.1, 0.15) is 13.2 Å². The first-order valence-corrected chi connectivity index (χ1v) is 7.05. The van der Waals surface area contributed by atoms with Gasteiger partial charge in [-0.25, -0.2) is 0 Å². The molecule has 0 radical (unpaired) electrons. The average Bonchev–Trinajstić information content (AvgIpc) is 2.42. The first kappa shape index (κ1) is 12.5. The monoisotopic (exact) mass is 293 g/mol. The lowest BCUT2D eigenvalue weighted by molar-refractivity contribution is 0.171. The molecule has 1 heterocycles. The first-order valence-electron chi connectivity index (χ1n) is 5.85. The van der Waals surface area contributed by atoms with Gasteiger partial charge in [-0.1, -0.05) is 35.5 Å². The molecule has 0 unspecified atom stereocenters. The summed E-state index contributed by atoms with van der Waals surface area (Å²) in [5.74, 6) is 1.43. The third-order valence-corrected chi connectivity index (χ3v) is 4.32. The predicted molar refractivity (Wildman–Crippen MR) is 77.4 cm³/mol. The van der Waals surface area contributed by atoms with Crippen LogP contribution in [0, 0.1) is 0 Å². The second kappa shape index (κ2) is 5.23. The summed E-state index contributed by atoms with van der Waals surface area (Å²) in [4.78, 5) is 1.88. The molecule has 2 N–H and O–H groups in total. The van der Waals surface area contributed by atoms with Crippen molar-refractivity contribution in [1.82, 2.24) is 0 Å². The van der Waals surface area contributed by atoms with E-state index < -0.39 is 0 Å². The highest BCUT2D eigenvalue weighted by Gasteiger charge is 2.15. The van der Waals surface area contributed by atoms with Gasteiger partial charge in [0.25, 0.3) is 0 Å². The quantitative estimate of drug-likeness (QED) is 0.854. The SMILES string of the molecule is Nc1cc2c(cc1Sc1ccccc1Cl)OCCO2. The van der Waals surface area contributed by atoms with Gasteiger partial charge in [0.15, 0.2) is 11.5 Å². The number of ether oxygens (including phenoxy) is 2. The van der Waals surface area contributed by atoms with Crippen LogP contribution in [0.15, 0.2) is 46.2 Å². The van der Waals surface area contributed by atoms with Crippen LogP contribution >= 0.6 is 23.4 Å². The van der Waals surface area contributed by atoms with Gasteiger partial charge in [-0.05, 0) is 12.1 Å². The van der Waals surface area contributed by atoms with Crippen molar-refractivity contribution in [2.24, 2.45) is 0 Å². The number of rotatable bonds is 2. The second-order valence-corrected chi connectivity index (χ2v) is 5.56. The van der Waals surface area contributed by atoms with E-state index in [4.69, 9.17) is 26.8 Å². The highest BCUT2D eigenvalue weighted by atomic mass is 35.5. The van der Waals surface area contributed by atoms with E-state index in [1.54, 1.807) is 6.07 Å². The molecular formula is C14H12ClNO2S. The summed E-state index contributed by atoms with van der Waals surface area (Å²) >= 11 is 7.67. The van der Waals surface area contributed by atoms with Gasteiger partial charge in [-0.15, -0.1) is 0 Å². The van der Waals surface area contributed by atoms with Crippen molar-refractivity contribution in [2.75, 3.05) is 18.9 Å². The normalized spacial score (nSPS) is 13.3. The van der Waals surface area contributed by atoms with Gasteiger partial charge in [-0.2, -0.15) is 0 Å². The van der Waals surface area contributed by atoms with Crippen molar-refractivity contribution in [1.29, 1.82) is 0 Å². The van der Waals surface area contributed by atoms with Crippen molar-refractivity contribution in [3.05, 3.63) is 41.4 Å². The lowest BCUT2D eigenvalue weighted by Crippen LogP contribution is -2.15. The minimum Gasteiger partial charge on any atom is -0.486 e. The first-order chi connectivity index (χ1) is 9.24. The topological polar surface area (TPSA) is 44.5 Å². The van der Waals surface area contributed by atoms with Crippen LogP contribution in [0.25, 0.3) is 0 Å². The number of benzene rings is 2. The van der Waals surface area contributed by atoms with Crippen LogP contribution in [0.5, 0.6) is 11.5 Å². The molecule has 2 aromatic rings. The summed E-state index contributed by atoms with van der Waals surface area (Å²) in [7, 11) is 0. The summed E-state index contributed by atoms with van der Waals surface area (Å²) in [5.41, 5.74) is 6.70. The minimum atomic E-state index is 0.559. The molecule has 0 saturated heterocycles. The van der Waals surface area contributed by atoms with E-state index in [9.17, 15) is 0 Å². The number of halogens is 1. The van der Waals surface area contributed by atoms with Gasteiger partial charge in [-0.3, -0.25) is 0 Å². The zero-order valence-corrected chi connectivity index (χ0v) is 11.6. The van der Waals surface area contributed by atoms with Gasteiger partial charge < -0.3 is 15.2 Å². The third kappa shape index (κ3) is 2.60. The minimum absolute atomic E-state index is 0.559. The molecule has 5 heteroatoms. The van der Waals surface area contributed by atoms with E-state index in [1.165, 1.54) is 11.8 Å². The Hall–Kier alpha value is -1.52. The largest absolute Gasteiger partial charge is 0.486 e. The van der Waals surface area contributed by atoms with Crippen LogP contribution in [0.4, 0.5) is 5.69 Å². The lowest BCUT2D eigenvalue weighted by Gasteiger charge is -2.20. The van der Waals surface area contributed by atoms with E-state index in [0.717, 1.165) is 15.5 Å². The maximum atomic E-state index is 6.15. The van der Waals surface area contributed by atoms with E-state index >= 15 is 0 Å². The Morgan fingerprint density at radius 3 is 2.42 bits per heavy atom. The molecule has 0 aliphatic carbocycles. The van der Waals surface area contributed by atoms with Crippen LogP contribution in [-0.4, -0.2) is 13.2 Å². The molecule has 1 aliphatic rings. The Labute approximate surface area is 120 Å². The molecule has 2 aromatic carbocycles. The van der Waals surface area contributed by atoms with Crippen LogP contribution in [0.3, 0.4) is 0 Å². The molecule has 0 amide bonds. The number of nitrogen functional groups attached to an aromatic ring is 1. The van der Waals surface area contributed by atoms with Crippen molar-refractivity contribution < 1.29 is 9.47 Å². The molecule has 3 nitrogen and oxygen atoms in total. The Balaban J connectivity index is 1.95. The number of nitrogens with two attached hydrogens (primary N) is 1. The molecule has 98 valence electrons. The van der Waals surface area contributed by atoms with Gasteiger partial charge >= 0.3 is 0 Å². The van der Waals surface area contributed by atoms with Crippen molar-refractivity contribution in [3.63, 3.8) is 0 Å². The molecule has 0 bridgehead atoms. The number of anilines is 1. The summed E-state index contributed by atoms with van der Waals surface area (Å²) in [6.45, 7) is 1.12. The summed E-state index contributed by atoms with van der Waals surface area (Å²) < 4.78 is 11.1. The average molecular weight is 294 g/mol. The highest BCUT2D eigenvalue weighted by Crippen LogP contribution is 2.42. The van der Waals surface area contributed by atoms with Crippen LogP contribution < -0.4 is 15.2 Å². The Bertz CT molecular complexity index is 618. The zero-order valence-electron chi connectivity index (χ0n) is 10.1. The molecule has 0 aromatic heterocycles. The summed E-state index contributed by atoms with van der Waals surface area (Å²) in [5, 5.41) is 0.710. The van der Waals surface area contributed by atoms with Crippen LogP contribution in [-0.2, 0) is 0 Å². The lowest BCUT2D eigenvalue weighted by atomic mass is 10.2. The zero-order chi connectivity index (χ0) is 13.2. The highest BCUT2D eigenvalue weighted by molar-refractivity contribution is 7.99. The molecule has 0 fully saturated rings. The summed E-state index contributed by atoms with van der Waals surface area (Å²) in [6.07, 6.45) is 0. The third-order valence-electron chi connectivity index (χ3n) is 2.73. The fourth-order valence-electron chi connectivity index (χ4n) is 1.82. The standard InChI is InChI=1S/C14H12ClNO2S/c15-9-3-1-2-4-13(9)19-14-8-12-11(7-10(14)16)17-5-6-18-12/h1-4,7-8H,5-6,16H2. The molecule has 3 rings (SSSR count). The van der Waals surface area contributed by atoms with Crippen molar-refractivity contribution in [3.8, 4) is 11.5 Å². The summed E-state index contributed by atoms with van der Waals surface area (Å²) in [6, 6.07) is 11.4. The fourth-order valence-corrected chi connectivity index (χ4v) is 2.96.